The Morgan fingerprint density at radius 2 is 1.50 bits per heavy atom. The molecule has 118 valence electrons. The Balaban J connectivity index is 2.56. The van der Waals surface area contributed by atoms with Crippen LogP contribution in [0.25, 0.3) is 0 Å². The molecule has 0 aromatic heterocycles. The van der Waals surface area contributed by atoms with E-state index in [0.717, 1.165) is 6.54 Å². The van der Waals surface area contributed by atoms with E-state index in [1.54, 1.807) is 32.9 Å². The van der Waals surface area contributed by atoms with Crippen LogP contribution in [-0.2, 0) is 9.84 Å². The van der Waals surface area contributed by atoms with Gasteiger partial charge in [-0.25, -0.2) is 0 Å². The van der Waals surface area contributed by atoms with Crippen LogP contribution < -0.4 is 6.54 Å². The van der Waals surface area contributed by atoms with Crippen molar-refractivity contribution in [3.63, 3.8) is 0 Å². The number of benzene rings is 2. The Morgan fingerprint density at radius 3 is 2.05 bits per heavy atom. The molecule has 0 N–H and O–H groups in total. The summed E-state index contributed by atoms with van der Waals surface area (Å²) in [5.74, 6) is 0. The van der Waals surface area contributed by atoms with Gasteiger partial charge in [-0.15, -0.1) is 0 Å². The summed E-state index contributed by atoms with van der Waals surface area (Å²) >= 11 is -2.79. The van der Waals surface area contributed by atoms with E-state index in [1.807, 2.05) is 43.3 Å². The third kappa shape index (κ3) is 3.55. The quantitative estimate of drug-likeness (QED) is 0.570. The summed E-state index contributed by atoms with van der Waals surface area (Å²) in [5.41, 5.74) is 1.17. The second-order valence-corrected chi connectivity index (χ2v) is 17.9. The van der Waals surface area contributed by atoms with Gasteiger partial charge in [-0.2, -0.15) is 0 Å². The van der Waals surface area contributed by atoms with Crippen LogP contribution in [0, 0.1) is 6.92 Å². The third-order valence-corrected chi connectivity index (χ3v) is 16.0. The molecule has 0 fully saturated rings. The number of hydrogen-bond acceptors (Lipinski definition) is 2. The zero-order valence-corrected chi connectivity index (χ0v) is 18.2. The fourth-order valence-electron chi connectivity index (χ4n) is 1.99. The minimum absolute atomic E-state index is 0.399. The van der Waals surface area contributed by atoms with Crippen molar-refractivity contribution in [2.45, 2.75) is 37.3 Å². The molecule has 0 saturated carbocycles. The zero-order chi connectivity index (χ0) is 16.5. The maximum atomic E-state index is 12.8. The molecule has 2 aromatic rings. The summed E-state index contributed by atoms with van der Waals surface area (Å²) < 4.78 is 26.8. The third-order valence-electron chi connectivity index (χ3n) is 3.43. The average molecular weight is 533 g/mol. The van der Waals surface area contributed by atoms with Crippen LogP contribution in [0.4, 0.5) is 0 Å². The first-order valence-electron chi connectivity index (χ1n) is 7.01. The number of sulfone groups is 1. The van der Waals surface area contributed by atoms with Crippen molar-refractivity contribution in [2.75, 3.05) is 0 Å². The Morgan fingerprint density at radius 1 is 0.955 bits per heavy atom. The van der Waals surface area contributed by atoms with Gasteiger partial charge in [0.1, 0.15) is 0 Å². The van der Waals surface area contributed by atoms with Crippen molar-refractivity contribution in [1.29, 1.82) is 0 Å². The Labute approximate surface area is 144 Å². The monoisotopic (exact) mass is 532 g/mol. The van der Waals surface area contributed by atoms with Crippen LogP contribution in [0.3, 0.4) is 0 Å². The van der Waals surface area contributed by atoms with E-state index in [0.29, 0.717) is 4.90 Å². The molecule has 0 unspecified atom stereocenters. The van der Waals surface area contributed by atoms with Crippen LogP contribution >= 0.6 is 8.51 Å². The Hall–Kier alpha value is -0.437. The molecule has 22 heavy (non-hydrogen) atoms. The summed E-state index contributed by atoms with van der Waals surface area (Å²) in [6, 6.07) is 15.3. The van der Waals surface area contributed by atoms with Gasteiger partial charge in [0.05, 0.1) is 0 Å². The van der Waals surface area contributed by atoms with E-state index in [9.17, 15) is 8.42 Å². The molecule has 2 nitrogen and oxygen atoms in total. The molecule has 0 bridgehead atoms. The molecule has 0 amide bonds. The summed E-state index contributed by atoms with van der Waals surface area (Å²) in [7, 11) is 3.38. The maximum absolute atomic E-state index is 12.8. The average Bonchev–Trinajstić information content (AvgIpc) is 2.46. The fraction of sp³-hybridized carbons (Fsp3) is 0.294. The fourth-order valence-corrected chi connectivity index (χ4v) is 12.7. The summed E-state index contributed by atoms with van der Waals surface area (Å²) in [6.07, 6.45) is 0. The molecular weight excluding hydrogens is 513 g/mol. The second kappa shape index (κ2) is 6.59. The number of halogens is 1. The molecular formula is C17H20BiClO2S. The van der Waals surface area contributed by atoms with Gasteiger partial charge in [0.2, 0.25) is 0 Å². The van der Waals surface area contributed by atoms with Crippen molar-refractivity contribution in [1.82, 2.24) is 0 Å². The minimum atomic E-state index is -3.40. The van der Waals surface area contributed by atoms with Gasteiger partial charge in [-0.05, 0) is 0 Å². The van der Waals surface area contributed by atoms with Crippen molar-refractivity contribution >= 4 is 45.5 Å². The Bertz CT molecular complexity index is 762. The standard InChI is InChI=1S/C10H13O2S.C7H7.Bi.ClH/c1-10(2,3)13(11,12)9-7-5-4-6-8-9;1-7-5-3-2-4-6-7;;/h4-7H,1-3H3;3-6H,1H3;;1H/q;;+1;/p-1. The van der Waals surface area contributed by atoms with Gasteiger partial charge in [-0.3, -0.25) is 0 Å². The van der Waals surface area contributed by atoms with Crippen molar-refractivity contribution in [3.8, 4) is 0 Å². The molecule has 0 saturated heterocycles. The summed E-state index contributed by atoms with van der Waals surface area (Å²) in [5, 5.41) is 0. The van der Waals surface area contributed by atoms with E-state index >= 15 is 0 Å². The zero-order valence-electron chi connectivity index (χ0n) is 13.2. The molecule has 5 heteroatoms. The molecule has 0 aliphatic heterocycles. The predicted octanol–water partition coefficient (Wildman–Crippen LogP) is 2.91. The van der Waals surface area contributed by atoms with Gasteiger partial charge in [0.25, 0.3) is 0 Å². The molecule has 0 aliphatic carbocycles. The summed E-state index contributed by atoms with van der Waals surface area (Å²) in [4.78, 5) is 0.399. The van der Waals surface area contributed by atoms with E-state index in [1.165, 1.54) is 5.56 Å². The second-order valence-electron chi connectivity index (χ2n) is 6.20. The SMILES string of the molecule is Cc1cc[c]([Bi]([Cl])[c]2ccccc2S(=O)(=O)C(C)(C)C)cc1. The molecule has 0 radical (unpaired) electrons. The van der Waals surface area contributed by atoms with E-state index < -0.39 is 35.1 Å². The van der Waals surface area contributed by atoms with E-state index in [-0.39, 0.29) is 0 Å². The predicted molar refractivity (Wildman–Crippen MR) is 95.4 cm³/mol. The van der Waals surface area contributed by atoms with Crippen molar-refractivity contribution < 1.29 is 8.42 Å². The molecule has 2 aromatic carbocycles. The number of hydrogen-bond donors (Lipinski definition) is 0. The molecule has 0 aliphatic rings. The molecule has 0 atom stereocenters. The first-order chi connectivity index (χ1) is 10.1. The molecule has 0 heterocycles. The van der Waals surface area contributed by atoms with Crippen molar-refractivity contribution in [3.05, 3.63) is 54.1 Å². The van der Waals surface area contributed by atoms with Crippen molar-refractivity contribution in [2.24, 2.45) is 0 Å². The topological polar surface area (TPSA) is 34.1 Å². The Kier molecular flexibility index (Phi) is 5.36. The van der Waals surface area contributed by atoms with Gasteiger partial charge in [0.15, 0.2) is 0 Å². The van der Waals surface area contributed by atoms with E-state index in [2.05, 4.69) is 0 Å². The molecule has 2 rings (SSSR count). The summed E-state index contributed by atoms with van der Waals surface area (Å²) in [6.45, 7) is 7.20. The van der Waals surface area contributed by atoms with Gasteiger partial charge < -0.3 is 0 Å². The van der Waals surface area contributed by atoms with Crippen LogP contribution in [0.15, 0.2) is 53.4 Å². The van der Waals surface area contributed by atoms with Gasteiger partial charge in [0, 0.05) is 0 Å². The first kappa shape index (κ1) is 17.9. The first-order valence-corrected chi connectivity index (χ1v) is 16.2. The van der Waals surface area contributed by atoms with Crippen LogP contribution in [0.5, 0.6) is 0 Å². The number of aryl methyl sites for hydroxylation is 1. The normalized spacial score (nSPS) is 12.6. The van der Waals surface area contributed by atoms with Gasteiger partial charge in [-0.1, -0.05) is 0 Å². The van der Waals surface area contributed by atoms with Gasteiger partial charge >= 0.3 is 145 Å². The van der Waals surface area contributed by atoms with Crippen LogP contribution in [0.2, 0.25) is 0 Å². The van der Waals surface area contributed by atoms with Crippen LogP contribution in [-0.4, -0.2) is 33.7 Å². The number of rotatable bonds is 3. The molecule has 0 spiro atoms. The van der Waals surface area contributed by atoms with E-state index in [4.69, 9.17) is 8.51 Å². The van der Waals surface area contributed by atoms with Crippen LogP contribution in [0.1, 0.15) is 26.3 Å².